The van der Waals surface area contributed by atoms with Crippen molar-refractivity contribution in [2.75, 3.05) is 26.0 Å². The molecule has 9 nitrogen and oxygen atoms in total. The number of amides is 3. The highest BCUT2D eigenvalue weighted by Gasteiger charge is 2.23. The van der Waals surface area contributed by atoms with Gasteiger partial charge in [0.15, 0.2) is 0 Å². The smallest absolute Gasteiger partial charge is 0.318 e. The number of carbonyl (C=O) groups is 2. The molecule has 1 unspecified atom stereocenters. The van der Waals surface area contributed by atoms with Gasteiger partial charge < -0.3 is 15.8 Å². The van der Waals surface area contributed by atoms with Gasteiger partial charge in [-0.05, 0) is 32.0 Å². The summed E-state index contributed by atoms with van der Waals surface area (Å²) in [7, 11) is -0.912. The van der Waals surface area contributed by atoms with Crippen LogP contribution in [0.1, 0.15) is 13.8 Å². The first kappa shape index (κ1) is 19.7. The Bertz CT molecular complexity index is 718. The molecule has 1 atom stereocenters. The van der Waals surface area contributed by atoms with Crippen molar-refractivity contribution in [2.24, 2.45) is 5.73 Å². The van der Waals surface area contributed by atoms with Crippen molar-refractivity contribution in [3.05, 3.63) is 18.2 Å². The molecule has 24 heavy (non-hydrogen) atoms. The van der Waals surface area contributed by atoms with Crippen LogP contribution in [-0.4, -0.2) is 51.4 Å². The molecule has 1 aromatic rings. The van der Waals surface area contributed by atoms with Gasteiger partial charge in [0, 0.05) is 19.8 Å². The fourth-order valence-corrected chi connectivity index (χ4v) is 2.87. The molecule has 3 amide bonds. The van der Waals surface area contributed by atoms with E-state index in [2.05, 4.69) is 5.32 Å². The monoisotopic (exact) mass is 358 g/mol. The lowest BCUT2D eigenvalue weighted by atomic mass is 10.2. The minimum atomic E-state index is -3.73. The van der Waals surface area contributed by atoms with Crippen molar-refractivity contribution in [2.45, 2.75) is 24.8 Å². The van der Waals surface area contributed by atoms with Crippen LogP contribution in [0, 0.1) is 0 Å². The Hall–Kier alpha value is -2.33. The van der Waals surface area contributed by atoms with Crippen molar-refractivity contribution in [1.82, 2.24) is 9.62 Å². The van der Waals surface area contributed by atoms with Crippen LogP contribution in [0.5, 0.6) is 5.75 Å². The van der Waals surface area contributed by atoms with Crippen LogP contribution in [0.25, 0.3) is 0 Å². The molecule has 0 radical (unpaired) electrons. The van der Waals surface area contributed by atoms with Crippen LogP contribution in [0.15, 0.2) is 23.1 Å². The number of benzene rings is 1. The number of hydrogen-bond acceptors (Lipinski definition) is 6. The lowest BCUT2D eigenvalue weighted by Gasteiger charge is -2.18. The number of carbonyl (C=O) groups excluding carboxylic acids is 2. The number of nitrogens with zero attached hydrogens (tertiary/aromatic N) is 1. The van der Waals surface area contributed by atoms with Gasteiger partial charge in [-0.15, -0.1) is 0 Å². The summed E-state index contributed by atoms with van der Waals surface area (Å²) < 4.78 is 31.3. The van der Waals surface area contributed by atoms with E-state index >= 15 is 0 Å². The zero-order chi connectivity index (χ0) is 18.5. The van der Waals surface area contributed by atoms with Crippen molar-refractivity contribution >= 4 is 27.6 Å². The number of urea groups is 1. The molecule has 0 bridgehead atoms. The van der Waals surface area contributed by atoms with Crippen LogP contribution < -0.4 is 21.1 Å². The van der Waals surface area contributed by atoms with Crippen LogP contribution in [-0.2, 0) is 14.8 Å². The van der Waals surface area contributed by atoms with Gasteiger partial charge in [0.25, 0.3) is 0 Å². The molecule has 1 rings (SSSR count). The fraction of sp³-hybridized carbons (Fsp3) is 0.429. The van der Waals surface area contributed by atoms with Crippen LogP contribution in [0.4, 0.5) is 10.5 Å². The van der Waals surface area contributed by atoms with Crippen molar-refractivity contribution in [3.8, 4) is 5.75 Å². The van der Waals surface area contributed by atoms with Crippen LogP contribution in [0.3, 0.4) is 0 Å². The van der Waals surface area contributed by atoms with E-state index in [0.29, 0.717) is 12.3 Å². The van der Waals surface area contributed by atoms with Crippen molar-refractivity contribution in [3.63, 3.8) is 0 Å². The van der Waals surface area contributed by atoms with E-state index in [4.69, 9.17) is 10.5 Å². The average Bonchev–Trinajstić information content (AvgIpc) is 2.47. The maximum atomic E-state index is 12.4. The zero-order valence-corrected chi connectivity index (χ0v) is 14.8. The molecule has 10 heteroatoms. The Morgan fingerprint density at radius 2 is 1.96 bits per heavy atom. The first-order chi connectivity index (χ1) is 11.1. The topological polar surface area (TPSA) is 131 Å². The standard InChI is InChI=1S/C14H22N4O5S/c1-5-23-11-7-6-10(8-12(11)24(21,22)18(3)4)16-9(2)13(19)17-14(15)20/h6-9,16H,5H2,1-4H3,(H3,15,17,19,20). The molecule has 0 saturated heterocycles. The minimum absolute atomic E-state index is 0.0261. The number of nitrogens with one attached hydrogen (secondary N) is 2. The first-order valence-corrected chi connectivity index (χ1v) is 8.59. The minimum Gasteiger partial charge on any atom is -0.492 e. The van der Waals surface area contributed by atoms with E-state index < -0.39 is 28.0 Å². The van der Waals surface area contributed by atoms with Gasteiger partial charge in [0.1, 0.15) is 16.7 Å². The van der Waals surface area contributed by atoms with E-state index in [0.717, 1.165) is 4.31 Å². The summed E-state index contributed by atoms with van der Waals surface area (Å²) in [5, 5.41) is 4.75. The van der Waals surface area contributed by atoms with Gasteiger partial charge in [-0.3, -0.25) is 10.1 Å². The number of nitrogens with two attached hydrogens (primary N) is 1. The number of rotatable bonds is 7. The lowest BCUT2D eigenvalue weighted by molar-refractivity contribution is -0.120. The van der Waals surface area contributed by atoms with Gasteiger partial charge in [0.05, 0.1) is 6.61 Å². The highest BCUT2D eigenvalue weighted by atomic mass is 32.2. The van der Waals surface area contributed by atoms with Gasteiger partial charge in [-0.1, -0.05) is 0 Å². The summed E-state index contributed by atoms with van der Waals surface area (Å²) >= 11 is 0. The number of primary amides is 1. The molecule has 0 aliphatic carbocycles. The average molecular weight is 358 g/mol. The Morgan fingerprint density at radius 3 is 2.46 bits per heavy atom. The van der Waals surface area contributed by atoms with Crippen molar-refractivity contribution < 1.29 is 22.7 Å². The second-order valence-electron chi connectivity index (χ2n) is 5.10. The summed E-state index contributed by atoms with van der Waals surface area (Å²) in [6, 6.07) is 2.69. The second kappa shape index (κ2) is 7.97. The largest absolute Gasteiger partial charge is 0.492 e. The predicted molar refractivity (Wildman–Crippen MR) is 89.3 cm³/mol. The number of imide groups is 1. The number of hydrogen-bond donors (Lipinski definition) is 3. The van der Waals surface area contributed by atoms with Gasteiger partial charge in [-0.2, -0.15) is 0 Å². The van der Waals surface area contributed by atoms with Gasteiger partial charge in [-0.25, -0.2) is 17.5 Å². The van der Waals surface area contributed by atoms with E-state index in [1.54, 1.807) is 13.0 Å². The lowest BCUT2D eigenvalue weighted by Crippen LogP contribution is -2.43. The fourth-order valence-electron chi connectivity index (χ4n) is 1.82. The van der Waals surface area contributed by atoms with Crippen LogP contribution >= 0.6 is 0 Å². The van der Waals surface area contributed by atoms with E-state index in [-0.39, 0.29) is 10.6 Å². The molecule has 1 aromatic carbocycles. The zero-order valence-electron chi connectivity index (χ0n) is 14.0. The van der Waals surface area contributed by atoms with Crippen molar-refractivity contribution in [1.29, 1.82) is 0 Å². The molecule has 0 aliphatic heterocycles. The number of sulfonamides is 1. The SMILES string of the molecule is CCOc1ccc(NC(C)C(=O)NC(N)=O)cc1S(=O)(=O)N(C)C. The third-order valence-electron chi connectivity index (χ3n) is 3.03. The first-order valence-electron chi connectivity index (χ1n) is 7.15. The highest BCUT2D eigenvalue weighted by molar-refractivity contribution is 7.89. The third kappa shape index (κ3) is 4.83. The molecule has 0 heterocycles. The van der Waals surface area contributed by atoms with Crippen LogP contribution in [0.2, 0.25) is 0 Å². The maximum absolute atomic E-state index is 12.4. The van der Waals surface area contributed by atoms with Gasteiger partial charge in [0.2, 0.25) is 15.9 Å². The van der Waals surface area contributed by atoms with E-state index in [9.17, 15) is 18.0 Å². The Balaban J connectivity index is 3.15. The quantitative estimate of drug-likeness (QED) is 0.644. The molecular formula is C14H22N4O5S. The summed E-state index contributed by atoms with van der Waals surface area (Å²) in [4.78, 5) is 22.4. The molecule has 0 fully saturated rings. The number of anilines is 1. The molecular weight excluding hydrogens is 336 g/mol. The number of ether oxygens (including phenoxy) is 1. The molecule has 4 N–H and O–H groups in total. The Morgan fingerprint density at radius 1 is 1.33 bits per heavy atom. The molecule has 0 saturated carbocycles. The molecule has 0 aliphatic rings. The Labute approximate surface area is 141 Å². The summed E-state index contributed by atoms with van der Waals surface area (Å²) in [5.74, 6) is -0.417. The third-order valence-corrected chi connectivity index (χ3v) is 4.86. The molecule has 134 valence electrons. The van der Waals surface area contributed by atoms with E-state index in [1.807, 2.05) is 5.32 Å². The summed E-state index contributed by atoms with van der Waals surface area (Å²) in [6.07, 6.45) is 0. The summed E-state index contributed by atoms with van der Waals surface area (Å²) in [6.45, 7) is 3.56. The van der Waals surface area contributed by atoms with E-state index in [1.165, 1.54) is 33.2 Å². The molecule has 0 aromatic heterocycles. The predicted octanol–water partition coefficient (Wildman–Crippen LogP) is 0.331. The highest BCUT2D eigenvalue weighted by Crippen LogP contribution is 2.29. The van der Waals surface area contributed by atoms with Gasteiger partial charge >= 0.3 is 6.03 Å². The Kier molecular flexibility index (Phi) is 6.55. The maximum Gasteiger partial charge on any atom is 0.318 e. The summed E-state index contributed by atoms with van der Waals surface area (Å²) in [5.41, 5.74) is 5.27. The molecule has 0 spiro atoms. The second-order valence-corrected chi connectivity index (χ2v) is 7.22. The normalized spacial score (nSPS) is 12.5.